The standard InChI is InChI=1S/C21H32NO3/c1-3-15-24-19-11-9-17(10-12-19)21(23)25-16-18-7-6-14-22(2)13-5-4-8-20(18)22/h9-12,18,20H,3-8,13-16H2,1-2H3/q+1/t18-,20+,22+/m0/s1. The minimum atomic E-state index is -0.211. The summed E-state index contributed by atoms with van der Waals surface area (Å²) in [4.78, 5) is 12.4. The summed E-state index contributed by atoms with van der Waals surface area (Å²) in [6.45, 7) is 5.91. The summed E-state index contributed by atoms with van der Waals surface area (Å²) in [5, 5.41) is 0. The lowest BCUT2D eigenvalue weighted by atomic mass is 9.82. The zero-order chi connectivity index (χ0) is 17.7. The molecule has 0 N–H and O–H groups in total. The fraction of sp³-hybridized carbons (Fsp3) is 0.667. The van der Waals surface area contributed by atoms with Gasteiger partial charge in [0.25, 0.3) is 0 Å². The molecule has 0 aromatic heterocycles. The molecule has 3 rings (SSSR count). The maximum absolute atomic E-state index is 12.4. The molecule has 2 fully saturated rings. The lowest BCUT2D eigenvalue weighted by Crippen LogP contribution is -2.61. The summed E-state index contributed by atoms with van der Waals surface area (Å²) in [5.41, 5.74) is 0.612. The van der Waals surface area contributed by atoms with Crippen LogP contribution in [0.5, 0.6) is 5.75 Å². The van der Waals surface area contributed by atoms with Gasteiger partial charge in [0, 0.05) is 12.3 Å². The highest BCUT2D eigenvalue weighted by Crippen LogP contribution is 2.36. The molecule has 0 spiro atoms. The summed E-state index contributed by atoms with van der Waals surface area (Å²) in [7, 11) is 2.40. The molecule has 3 atom stereocenters. The molecule has 4 heteroatoms. The summed E-state index contributed by atoms with van der Waals surface area (Å²) in [5.74, 6) is 1.11. The highest BCUT2D eigenvalue weighted by atomic mass is 16.5. The second-order valence-corrected chi connectivity index (χ2v) is 7.86. The fourth-order valence-electron chi connectivity index (χ4n) is 4.60. The number of fused-ring (bicyclic) bond motifs is 1. The van der Waals surface area contributed by atoms with Crippen molar-refractivity contribution in [3.05, 3.63) is 29.8 Å². The minimum Gasteiger partial charge on any atom is -0.494 e. The van der Waals surface area contributed by atoms with Gasteiger partial charge in [0.2, 0.25) is 0 Å². The van der Waals surface area contributed by atoms with E-state index in [9.17, 15) is 4.79 Å². The van der Waals surface area contributed by atoms with E-state index in [4.69, 9.17) is 9.47 Å². The molecule has 0 amide bonds. The van der Waals surface area contributed by atoms with Crippen LogP contribution in [0.4, 0.5) is 0 Å². The van der Waals surface area contributed by atoms with E-state index in [1.54, 1.807) is 12.1 Å². The molecule has 0 radical (unpaired) electrons. The maximum atomic E-state index is 12.4. The van der Waals surface area contributed by atoms with E-state index in [1.165, 1.54) is 49.7 Å². The number of ether oxygens (including phenoxy) is 2. The van der Waals surface area contributed by atoms with Gasteiger partial charge in [0.05, 0.1) is 38.3 Å². The van der Waals surface area contributed by atoms with Crippen molar-refractivity contribution >= 4 is 5.97 Å². The molecule has 138 valence electrons. The Morgan fingerprint density at radius 2 is 1.88 bits per heavy atom. The molecule has 0 saturated carbocycles. The second kappa shape index (κ2) is 8.22. The third-order valence-electron chi connectivity index (χ3n) is 6.00. The molecule has 1 aromatic rings. The van der Waals surface area contributed by atoms with Gasteiger partial charge in [-0.05, 0) is 56.4 Å². The molecule has 2 aliphatic rings. The van der Waals surface area contributed by atoms with Crippen LogP contribution < -0.4 is 4.74 Å². The first kappa shape index (κ1) is 18.2. The monoisotopic (exact) mass is 346 g/mol. The average molecular weight is 346 g/mol. The van der Waals surface area contributed by atoms with Gasteiger partial charge < -0.3 is 14.0 Å². The topological polar surface area (TPSA) is 35.5 Å². The van der Waals surface area contributed by atoms with Crippen LogP contribution in [0.15, 0.2) is 24.3 Å². The Kier molecular flexibility index (Phi) is 6.00. The van der Waals surface area contributed by atoms with E-state index < -0.39 is 0 Å². The van der Waals surface area contributed by atoms with Crippen LogP contribution >= 0.6 is 0 Å². The van der Waals surface area contributed by atoms with E-state index in [0.717, 1.165) is 12.2 Å². The Labute approximate surface area is 151 Å². The van der Waals surface area contributed by atoms with E-state index in [2.05, 4.69) is 14.0 Å². The van der Waals surface area contributed by atoms with Crippen molar-refractivity contribution < 1.29 is 18.8 Å². The van der Waals surface area contributed by atoms with Crippen LogP contribution in [0.2, 0.25) is 0 Å². The number of esters is 1. The number of nitrogens with zero attached hydrogens (tertiary/aromatic N) is 1. The number of quaternary nitrogens is 1. The first-order valence-electron chi connectivity index (χ1n) is 9.86. The zero-order valence-corrected chi connectivity index (χ0v) is 15.7. The third-order valence-corrected chi connectivity index (χ3v) is 6.00. The molecule has 0 aliphatic carbocycles. The van der Waals surface area contributed by atoms with Gasteiger partial charge in [-0.1, -0.05) is 6.92 Å². The van der Waals surface area contributed by atoms with Crippen molar-refractivity contribution in [2.24, 2.45) is 5.92 Å². The van der Waals surface area contributed by atoms with Crippen LogP contribution in [0, 0.1) is 5.92 Å². The van der Waals surface area contributed by atoms with Crippen molar-refractivity contribution in [2.75, 3.05) is 33.4 Å². The first-order chi connectivity index (χ1) is 12.1. The van der Waals surface area contributed by atoms with Crippen molar-refractivity contribution in [3.8, 4) is 5.75 Å². The summed E-state index contributed by atoms with van der Waals surface area (Å²) in [6, 6.07) is 7.97. The zero-order valence-electron chi connectivity index (χ0n) is 15.7. The Hall–Kier alpha value is -1.55. The number of hydrogen-bond acceptors (Lipinski definition) is 3. The second-order valence-electron chi connectivity index (χ2n) is 7.86. The van der Waals surface area contributed by atoms with Crippen LogP contribution in [0.3, 0.4) is 0 Å². The number of piperidine rings is 2. The van der Waals surface area contributed by atoms with Crippen LogP contribution in [-0.2, 0) is 4.74 Å². The molecular weight excluding hydrogens is 314 g/mol. The largest absolute Gasteiger partial charge is 0.494 e. The highest BCUT2D eigenvalue weighted by Gasteiger charge is 2.43. The number of benzene rings is 1. The van der Waals surface area contributed by atoms with Gasteiger partial charge >= 0.3 is 5.97 Å². The lowest BCUT2D eigenvalue weighted by molar-refractivity contribution is -0.947. The highest BCUT2D eigenvalue weighted by molar-refractivity contribution is 5.89. The van der Waals surface area contributed by atoms with E-state index in [0.29, 0.717) is 30.7 Å². The molecule has 2 saturated heterocycles. The van der Waals surface area contributed by atoms with E-state index in [1.807, 2.05) is 12.1 Å². The predicted molar refractivity (Wildman–Crippen MR) is 98.8 cm³/mol. The quantitative estimate of drug-likeness (QED) is 0.576. The number of rotatable bonds is 6. The smallest absolute Gasteiger partial charge is 0.338 e. The van der Waals surface area contributed by atoms with Gasteiger partial charge in [-0.2, -0.15) is 0 Å². The Morgan fingerprint density at radius 3 is 2.64 bits per heavy atom. The molecule has 25 heavy (non-hydrogen) atoms. The summed E-state index contributed by atoms with van der Waals surface area (Å²) < 4.78 is 12.4. The van der Waals surface area contributed by atoms with Gasteiger partial charge in [0.15, 0.2) is 0 Å². The van der Waals surface area contributed by atoms with Crippen molar-refractivity contribution in [2.45, 2.75) is 51.5 Å². The van der Waals surface area contributed by atoms with Crippen LogP contribution in [0.1, 0.15) is 55.8 Å². The average Bonchev–Trinajstić information content (AvgIpc) is 2.64. The van der Waals surface area contributed by atoms with Crippen molar-refractivity contribution in [1.82, 2.24) is 0 Å². The third kappa shape index (κ3) is 4.35. The van der Waals surface area contributed by atoms with Crippen LogP contribution in [0.25, 0.3) is 0 Å². The fourth-order valence-corrected chi connectivity index (χ4v) is 4.60. The molecule has 2 aliphatic heterocycles. The molecule has 0 unspecified atom stereocenters. The minimum absolute atomic E-state index is 0.211. The van der Waals surface area contributed by atoms with Crippen molar-refractivity contribution in [1.29, 1.82) is 0 Å². The Morgan fingerprint density at radius 1 is 1.12 bits per heavy atom. The maximum Gasteiger partial charge on any atom is 0.338 e. The van der Waals surface area contributed by atoms with Gasteiger partial charge in [-0.15, -0.1) is 0 Å². The van der Waals surface area contributed by atoms with Gasteiger partial charge in [0.1, 0.15) is 12.4 Å². The Bertz CT molecular complexity index is 567. The normalized spacial score (nSPS) is 28.9. The number of hydrogen-bond donors (Lipinski definition) is 0. The summed E-state index contributed by atoms with van der Waals surface area (Å²) in [6.07, 6.45) is 7.36. The molecule has 4 nitrogen and oxygen atoms in total. The molecular formula is C21H32NO3+. The summed E-state index contributed by atoms with van der Waals surface area (Å²) >= 11 is 0. The number of carbonyl (C=O) groups excluding carboxylic acids is 1. The number of carbonyl (C=O) groups is 1. The van der Waals surface area contributed by atoms with E-state index >= 15 is 0 Å². The Balaban J connectivity index is 1.54. The van der Waals surface area contributed by atoms with Crippen molar-refractivity contribution in [3.63, 3.8) is 0 Å². The van der Waals surface area contributed by atoms with E-state index in [-0.39, 0.29) is 5.97 Å². The SMILES string of the molecule is CCCOc1ccc(C(=O)OC[C@@H]2CCC[N@@+]3(C)CCCC[C@H]23)cc1. The molecule has 1 aromatic carbocycles. The van der Waals surface area contributed by atoms with Gasteiger partial charge in [-0.25, -0.2) is 4.79 Å². The molecule has 2 heterocycles. The first-order valence-corrected chi connectivity index (χ1v) is 9.86. The predicted octanol–water partition coefficient (Wildman–Crippen LogP) is 4.04. The van der Waals surface area contributed by atoms with Crippen LogP contribution in [-0.4, -0.2) is 49.8 Å². The lowest BCUT2D eigenvalue weighted by Gasteiger charge is -2.51. The van der Waals surface area contributed by atoms with Gasteiger partial charge in [-0.3, -0.25) is 0 Å². The molecule has 0 bridgehead atoms.